The highest BCUT2D eigenvalue weighted by molar-refractivity contribution is 7.09. The number of halogens is 1. The second-order valence-electron chi connectivity index (χ2n) is 4.43. The lowest BCUT2D eigenvalue weighted by molar-refractivity contribution is 0.0786. The van der Waals surface area contributed by atoms with E-state index in [1.54, 1.807) is 35.4 Å². The third kappa shape index (κ3) is 2.46. The second kappa shape index (κ2) is 5.34. The van der Waals surface area contributed by atoms with Gasteiger partial charge in [0.15, 0.2) is 11.5 Å². The van der Waals surface area contributed by atoms with Crippen molar-refractivity contribution in [3.63, 3.8) is 0 Å². The number of rotatable bonds is 3. The number of amides is 1. The highest BCUT2D eigenvalue weighted by Crippen LogP contribution is 2.40. The van der Waals surface area contributed by atoms with E-state index in [9.17, 15) is 4.79 Å². The molecule has 0 spiro atoms. The SMILES string of the molecule is CN(Cc1cccs1)C(=O)c1cc(Cl)c2c(c1)OCO2. The number of hydrogen-bond acceptors (Lipinski definition) is 4. The van der Waals surface area contributed by atoms with Crippen LogP contribution in [-0.4, -0.2) is 24.6 Å². The predicted molar refractivity (Wildman–Crippen MR) is 77.7 cm³/mol. The smallest absolute Gasteiger partial charge is 0.254 e. The molecule has 3 rings (SSSR count). The molecule has 0 unspecified atom stereocenters. The van der Waals surface area contributed by atoms with E-state index in [1.807, 2.05) is 17.5 Å². The Morgan fingerprint density at radius 1 is 1.45 bits per heavy atom. The minimum Gasteiger partial charge on any atom is -0.454 e. The summed E-state index contributed by atoms with van der Waals surface area (Å²) in [6.45, 7) is 0.709. The number of benzene rings is 1. The number of ether oxygens (including phenoxy) is 2. The summed E-state index contributed by atoms with van der Waals surface area (Å²) < 4.78 is 10.5. The zero-order valence-electron chi connectivity index (χ0n) is 10.8. The minimum atomic E-state index is -0.0985. The maximum atomic E-state index is 12.4. The van der Waals surface area contributed by atoms with Crippen molar-refractivity contribution in [3.05, 3.63) is 45.1 Å². The number of fused-ring (bicyclic) bond motifs is 1. The molecule has 0 N–H and O–H groups in total. The molecule has 0 fully saturated rings. The molecule has 20 heavy (non-hydrogen) atoms. The van der Waals surface area contributed by atoms with Crippen LogP contribution in [0.4, 0.5) is 0 Å². The molecule has 1 aliphatic heterocycles. The molecule has 1 aliphatic rings. The fourth-order valence-corrected chi connectivity index (χ4v) is 3.04. The van der Waals surface area contributed by atoms with Gasteiger partial charge >= 0.3 is 0 Å². The van der Waals surface area contributed by atoms with Crippen LogP contribution in [-0.2, 0) is 6.54 Å². The largest absolute Gasteiger partial charge is 0.454 e. The van der Waals surface area contributed by atoms with Gasteiger partial charge in [-0.25, -0.2) is 0 Å². The number of hydrogen-bond donors (Lipinski definition) is 0. The Morgan fingerprint density at radius 3 is 3.05 bits per heavy atom. The van der Waals surface area contributed by atoms with Crippen LogP contribution in [0.5, 0.6) is 11.5 Å². The normalized spacial score (nSPS) is 12.5. The Bertz CT molecular complexity index is 642. The molecule has 0 saturated heterocycles. The van der Waals surface area contributed by atoms with Gasteiger partial charge in [-0.2, -0.15) is 0 Å². The fraction of sp³-hybridized carbons (Fsp3) is 0.214. The van der Waals surface area contributed by atoms with E-state index < -0.39 is 0 Å². The standard InChI is InChI=1S/C14H12ClNO3S/c1-16(7-10-3-2-4-20-10)14(17)9-5-11(15)13-12(6-9)18-8-19-13/h2-6H,7-8H2,1H3. The number of carbonyl (C=O) groups is 1. The maximum absolute atomic E-state index is 12.4. The summed E-state index contributed by atoms with van der Waals surface area (Å²) in [5, 5.41) is 2.39. The van der Waals surface area contributed by atoms with Crippen LogP contribution >= 0.6 is 22.9 Å². The third-order valence-corrected chi connectivity index (χ3v) is 4.14. The number of nitrogens with zero attached hydrogens (tertiary/aromatic N) is 1. The summed E-state index contributed by atoms with van der Waals surface area (Å²) in [4.78, 5) is 15.2. The lowest BCUT2D eigenvalue weighted by atomic mass is 10.1. The first-order chi connectivity index (χ1) is 9.65. The minimum absolute atomic E-state index is 0.0985. The molecular formula is C14H12ClNO3S. The van der Waals surface area contributed by atoms with Crippen molar-refractivity contribution in [2.24, 2.45) is 0 Å². The lowest BCUT2D eigenvalue weighted by Gasteiger charge is -2.16. The second-order valence-corrected chi connectivity index (χ2v) is 5.87. The van der Waals surface area contributed by atoms with E-state index in [4.69, 9.17) is 21.1 Å². The highest BCUT2D eigenvalue weighted by Gasteiger charge is 2.22. The van der Waals surface area contributed by atoms with Crippen molar-refractivity contribution in [2.45, 2.75) is 6.54 Å². The van der Waals surface area contributed by atoms with Gasteiger partial charge in [-0.3, -0.25) is 4.79 Å². The maximum Gasteiger partial charge on any atom is 0.254 e. The van der Waals surface area contributed by atoms with Crippen molar-refractivity contribution in [1.82, 2.24) is 4.90 Å². The fourth-order valence-electron chi connectivity index (χ4n) is 2.02. The predicted octanol–water partition coefficient (Wildman–Crippen LogP) is 3.40. The van der Waals surface area contributed by atoms with Crippen molar-refractivity contribution < 1.29 is 14.3 Å². The molecule has 0 bridgehead atoms. The van der Waals surface area contributed by atoms with Crippen LogP contribution in [0, 0.1) is 0 Å². The van der Waals surface area contributed by atoms with E-state index >= 15 is 0 Å². The summed E-state index contributed by atoms with van der Waals surface area (Å²) in [7, 11) is 1.76. The van der Waals surface area contributed by atoms with Crippen molar-refractivity contribution >= 4 is 28.8 Å². The Kier molecular flexibility index (Phi) is 3.54. The molecular weight excluding hydrogens is 298 g/mol. The first kappa shape index (κ1) is 13.3. The van der Waals surface area contributed by atoms with E-state index in [1.165, 1.54) is 0 Å². The van der Waals surface area contributed by atoms with Crippen LogP contribution in [0.15, 0.2) is 29.6 Å². The van der Waals surface area contributed by atoms with Gasteiger partial charge in [0.1, 0.15) is 0 Å². The Morgan fingerprint density at radius 2 is 2.30 bits per heavy atom. The molecule has 0 atom stereocenters. The quantitative estimate of drug-likeness (QED) is 0.872. The first-order valence-corrected chi connectivity index (χ1v) is 7.28. The highest BCUT2D eigenvalue weighted by atomic mass is 35.5. The zero-order valence-corrected chi connectivity index (χ0v) is 12.3. The van der Waals surface area contributed by atoms with E-state index in [0.29, 0.717) is 28.6 Å². The molecule has 1 aromatic carbocycles. The molecule has 1 amide bonds. The molecule has 6 heteroatoms. The van der Waals surface area contributed by atoms with Crippen LogP contribution in [0.3, 0.4) is 0 Å². The lowest BCUT2D eigenvalue weighted by Crippen LogP contribution is -2.25. The Labute approximate surface area is 125 Å². The molecule has 4 nitrogen and oxygen atoms in total. The van der Waals surface area contributed by atoms with Gasteiger partial charge in [0, 0.05) is 17.5 Å². The first-order valence-electron chi connectivity index (χ1n) is 6.02. The summed E-state index contributed by atoms with van der Waals surface area (Å²) >= 11 is 7.72. The summed E-state index contributed by atoms with van der Waals surface area (Å²) in [5.41, 5.74) is 0.498. The summed E-state index contributed by atoms with van der Waals surface area (Å²) in [6.07, 6.45) is 0. The molecule has 0 radical (unpaired) electrons. The van der Waals surface area contributed by atoms with Gasteiger partial charge in [0.05, 0.1) is 11.6 Å². The molecule has 2 heterocycles. The van der Waals surface area contributed by atoms with Gasteiger partial charge < -0.3 is 14.4 Å². The Balaban J connectivity index is 1.82. The van der Waals surface area contributed by atoms with Gasteiger partial charge in [0.25, 0.3) is 5.91 Å². The summed E-state index contributed by atoms with van der Waals surface area (Å²) in [6, 6.07) is 7.25. The van der Waals surface area contributed by atoms with Crippen LogP contribution < -0.4 is 9.47 Å². The van der Waals surface area contributed by atoms with E-state index in [-0.39, 0.29) is 12.7 Å². The van der Waals surface area contributed by atoms with E-state index in [0.717, 1.165) is 4.88 Å². The summed E-state index contributed by atoms with van der Waals surface area (Å²) in [5.74, 6) is 0.924. The Hall–Kier alpha value is -1.72. The van der Waals surface area contributed by atoms with Crippen LogP contribution in [0.2, 0.25) is 5.02 Å². The molecule has 0 aliphatic carbocycles. The van der Waals surface area contributed by atoms with Gasteiger partial charge in [-0.15, -0.1) is 11.3 Å². The van der Waals surface area contributed by atoms with E-state index in [2.05, 4.69) is 0 Å². The monoisotopic (exact) mass is 309 g/mol. The van der Waals surface area contributed by atoms with Crippen LogP contribution in [0.25, 0.3) is 0 Å². The molecule has 0 saturated carbocycles. The topological polar surface area (TPSA) is 38.8 Å². The van der Waals surface area contributed by atoms with Crippen molar-refractivity contribution in [1.29, 1.82) is 0 Å². The molecule has 104 valence electrons. The average Bonchev–Trinajstić information content (AvgIpc) is 3.08. The zero-order chi connectivity index (χ0) is 14.1. The molecule has 2 aromatic rings. The van der Waals surface area contributed by atoms with Gasteiger partial charge in [-0.05, 0) is 23.6 Å². The average molecular weight is 310 g/mol. The third-order valence-electron chi connectivity index (χ3n) is 2.99. The van der Waals surface area contributed by atoms with Gasteiger partial charge in [-0.1, -0.05) is 17.7 Å². The van der Waals surface area contributed by atoms with Gasteiger partial charge in [0.2, 0.25) is 6.79 Å². The molecule has 1 aromatic heterocycles. The number of carbonyl (C=O) groups excluding carboxylic acids is 1. The van der Waals surface area contributed by atoms with Crippen molar-refractivity contribution in [2.75, 3.05) is 13.8 Å². The number of thiophene rings is 1. The van der Waals surface area contributed by atoms with Crippen molar-refractivity contribution in [3.8, 4) is 11.5 Å². The van der Waals surface area contributed by atoms with Crippen LogP contribution in [0.1, 0.15) is 15.2 Å².